The van der Waals surface area contributed by atoms with E-state index in [2.05, 4.69) is 29.3 Å². The highest BCUT2D eigenvalue weighted by atomic mass is 32.1. The second-order valence-corrected chi connectivity index (χ2v) is 6.51. The van der Waals surface area contributed by atoms with Gasteiger partial charge in [0.2, 0.25) is 0 Å². The number of nitrogens with one attached hydrogen (secondary N) is 1. The first-order chi connectivity index (χ1) is 10.1. The molecule has 0 spiro atoms. The van der Waals surface area contributed by atoms with Crippen LogP contribution >= 0.6 is 11.3 Å². The van der Waals surface area contributed by atoms with Crippen molar-refractivity contribution in [3.8, 4) is 0 Å². The molecule has 1 N–H and O–H groups in total. The zero-order valence-electron chi connectivity index (χ0n) is 12.9. The molecule has 1 aromatic carbocycles. The summed E-state index contributed by atoms with van der Waals surface area (Å²) in [6.07, 6.45) is 0. The van der Waals surface area contributed by atoms with Gasteiger partial charge in [-0.2, -0.15) is 0 Å². The Morgan fingerprint density at radius 1 is 1.19 bits per heavy atom. The van der Waals surface area contributed by atoms with Crippen molar-refractivity contribution in [1.82, 2.24) is 10.2 Å². The average molecular weight is 306 g/mol. The van der Waals surface area contributed by atoms with Crippen LogP contribution in [0.25, 0.3) is 0 Å². The smallest absolute Gasteiger partial charge is 0.127 e. The zero-order valence-corrected chi connectivity index (χ0v) is 13.7. The summed E-state index contributed by atoms with van der Waals surface area (Å²) in [5.41, 5.74) is 0.754. The van der Waals surface area contributed by atoms with Crippen molar-refractivity contribution in [3.05, 3.63) is 57.5 Å². The van der Waals surface area contributed by atoms with E-state index in [4.69, 9.17) is 0 Å². The maximum absolute atomic E-state index is 13.9. The van der Waals surface area contributed by atoms with Crippen molar-refractivity contribution in [2.45, 2.75) is 33.0 Å². The van der Waals surface area contributed by atoms with Crippen LogP contribution in [0.5, 0.6) is 0 Å². The molecule has 0 amide bonds. The molecule has 4 heteroatoms. The normalized spacial score (nSPS) is 12.8. The summed E-state index contributed by atoms with van der Waals surface area (Å²) in [5.74, 6) is -0.129. The quantitative estimate of drug-likeness (QED) is 0.825. The Morgan fingerprint density at radius 2 is 1.90 bits per heavy atom. The van der Waals surface area contributed by atoms with Gasteiger partial charge in [0.25, 0.3) is 0 Å². The minimum Gasteiger partial charge on any atom is -0.312 e. The molecule has 1 atom stereocenters. The number of rotatable bonds is 7. The Bertz CT molecular complexity index is 567. The van der Waals surface area contributed by atoms with Gasteiger partial charge in [0.15, 0.2) is 0 Å². The fourth-order valence-corrected chi connectivity index (χ4v) is 3.34. The highest BCUT2D eigenvalue weighted by molar-refractivity contribution is 7.11. The number of hydrogen-bond donors (Lipinski definition) is 1. The molecule has 0 bridgehead atoms. The number of thiophene rings is 1. The molecule has 0 saturated heterocycles. The summed E-state index contributed by atoms with van der Waals surface area (Å²) in [6.45, 7) is 6.90. The van der Waals surface area contributed by atoms with Gasteiger partial charge in [0, 0.05) is 34.4 Å². The fraction of sp³-hybridized carbons (Fsp3) is 0.412. The van der Waals surface area contributed by atoms with E-state index >= 15 is 0 Å². The van der Waals surface area contributed by atoms with Crippen molar-refractivity contribution in [1.29, 1.82) is 0 Å². The standard InChI is InChI=1S/C17H23FN2S/c1-4-19-11-14-9-10-15(21-14)12-20(3)13(2)16-7-5-6-8-17(16)18/h5-10,13,19H,4,11-12H2,1-3H3. The van der Waals surface area contributed by atoms with E-state index < -0.39 is 0 Å². The first-order valence-electron chi connectivity index (χ1n) is 7.34. The van der Waals surface area contributed by atoms with Crippen LogP contribution in [0.2, 0.25) is 0 Å². The summed E-state index contributed by atoms with van der Waals surface area (Å²) in [6, 6.07) is 11.4. The van der Waals surface area contributed by atoms with Gasteiger partial charge in [-0.15, -0.1) is 11.3 Å². The molecule has 0 aliphatic rings. The van der Waals surface area contributed by atoms with Crippen molar-refractivity contribution in [2.24, 2.45) is 0 Å². The Labute approximate surface area is 130 Å². The lowest BCUT2D eigenvalue weighted by Gasteiger charge is -2.24. The molecule has 0 aliphatic carbocycles. The third-order valence-electron chi connectivity index (χ3n) is 3.69. The van der Waals surface area contributed by atoms with Crippen LogP contribution in [-0.4, -0.2) is 18.5 Å². The minimum atomic E-state index is -0.129. The Morgan fingerprint density at radius 3 is 2.62 bits per heavy atom. The van der Waals surface area contributed by atoms with Crippen LogP contribution in [0.4, 0.5) is 4.39 Å². The molecule has 1 unspecified atom stereocenters. The summed E-state index contributed by atoms with van der Waals surface area (Å²) < 4.78 is 13.9. The summed E-state index contributed by atoms with van der Waals surface area (Å²) in [7, 11) is 2.04. The van der Waals surface area contributed by atoms with E-state index in [9.17, 15) is 4.39 Å². The molecule has 114 valence electrons. The molecule has 1 aromatic heterocycles. The van der Waals surface area contributed by atoms with E-state index in [0.717, 1.165) is 25.2 Å². The molecule has 1 heterocycles. The molecular weight excluding hydrogens is 283 g/mol. The van der Waals surface area contributed by atoms with Crippen LogP contribution in [0.15, 0.2) is 36.4 Å². The van der Waals surface area contributed by atoms with Crippen molar-refractivity contribution in [2.75, 3.05) is 13.6 Å². The zero-order chi connectivity index (χ0) is 15.2. The third kappa shape index (κ3) is 4.37. The maximum atomic E-state index is 13.9. The lowest BCUT2D eigenvalue weighted by Crippen LogP contribution is -2.22. The second-order valence-electron chi connectivity index (χ2n) is 5.26. The Hall–Kier alpha value is -1.23. The lowest BCUT2D eigenvalue weighted by molar-refractivity contribution is 0.250. The SMILES string of the molecule is CCNCc1ccc(CN(C)C(C)c2ccccc2F)s1. The van der Waals surface area contributed by atoms with Crippen molar-refractivity contribution < 1.29 is 4.39 Å². The van der Waals surface area contributed by atoms with Gasteiger partial charge in [0.05, 0.1) is 0 Å². The molecule has 2 nitrogen and oxygen atoms in total. The van der Waals surface area contributed by atoms with E-state index in [0.29, 0.717) is 0 Å². The molecule has 2 aromatic rings. The van der Waals surface area contributed by atoms with Crippen LogP contribution in [0, 0.1) is 5.82 Å². The molecule has 0 fully saturated rings. The summed E-state index contributed by atoms with van der Waals surface area (Å²) >= 11 is 1.82. The minimum absolute atomic E-state index is 0.0607. The number of hydrogen-bond acceptors (Lipinski definition) is 3. The molecule has 21 heavy (non-hydrogen) atoms. The number of nitrogens with zero attached hydrogens (tertiary/aromatic N) is 1. The van der Waals surface area contributed by atoms with Gasteiger partial charge in [-0.1, -0.05) is 25.1 Å². The molecule has 2 rings (SSSR count). The maximum Gasteiger partial charge on any atom is 0.127 e. The van der Waals surface area contributed by atoms with Gasteiger partial charge in [-0.05, 0) is 38.7 Å². The predicted octanol–water partition coefficient (Wildman–Crippen LogP) is 4.19. The number of benzene rings is 1. The van der Waals surface area contributed by atoms with E-state index in [-0.39, 0.29) is 11.9 Å². The van der Waals surface area contributed by atoms with Gasteiger partial charge in [0.1, 0.15) is 5.82 Å². The van der Waals surface area contributed by atoms with Crippen LogP contribution < -0.4 is 5.32 Å². The molecular formula is C17H23FN2S. The molecule has 0 aliphatic heterocycles. The van der Waals surface area contributed by atoms with Gasteiger partial charge < -0.3 is 5.32 Å². The first kappa shape index (κ1) is 16.1. The van der Waals surface area contributed by atoms with E-state index in [1.807, 2.05) is 37.4 Å². The van der Waals surface area contributed by atoms with Gasteiger partial charge in [-0.25, -0.2) is 4.39 Å². The highest BCUT2D eigenvalue weighted by Gasteiger charge is 2.16. The van der Waals surface area contributed by atoms with Crippen LogP contribution in [-0.2, 0) is 13.1 Å². The Balaban J connectivity index is 1.99. The van der Waals surface area contributed by atoms with Crippen molar-refractivity contribution >= 4 is 11.3 Å². The number of halogens is 1. The lowest BCUT2D eigenvalue weighted by atomic mass is 10.1. The monoisotopic (exact) mass is 306 g/mol. The summed E-state index contributed by atoms with van der Waals surface area (Å²) in [5, 5.41) is 3.33. The largest absolute Gasteiger partial charge is 0.312 e. The first-order valence-corrected chi connectivity index (χ1v) is 8.16. The second kappa shape index (κ2) is 7.69. The van der Waals surface area contributed by atoms with E-state index in [1.165, 1.54) is 15.8 Å². The summed E-state index contributed by atoms with van der Waals surface area (Å²) in [4.78, 5) is 4.84. The van der Waals surface area contributed by atoms with Gasteiger partial charge >= 0.3 is 0 Å². The van der Waals surface area contributed by atoms with E-state index in [1.54, 1.807) is 6.07 Å². The molecule has 0 radical (unpaired) electrons. The fourth-order valence-electron chi connectivity index (χ4n) is 2.28. The third-order valence-corrected chi connectivity index (χ3v) is 4.76. The van der Waals surface area contributed by atoms with Crippen LogP contribution in [0.1, 0.15) is 35.2 Å². The molecule has 0 saturated carbocycles. The van der Waals surface area contributed by atoms with Crippen LogP contribution in [0.3, 0.4) is 0 Å². The van der Waals surface area contributed by atoms with Gasteiger partial charge in [-0.3, -0.25) is 4.90 Å². The average Bonchev–Trinajstić information content (AvgIpc) is 2.92. The van der Waals surface area contributed by atoms with Crippen molar-refractivity contribution in [3.63, 3.8) is 0 Å². The predicted molar refractivity (Wildman–Crippen MR) is 88.0 cm³/mol. The Kier molecular flexibility index (Phi) is 5.91. The highest BCUT2D eigenvalue weighted by Crippen LogP contribution is 2.25. The topological polar surface area (TPSA) is 15.3 Å².